The first-order valence-corrected chi connectivity index (χ1v) is 7.02. The molecule has 0 saturated carbocycles. The first-order chi connectivity index (χ1) is 10.8. The summed E-state index contributed by atoms with van der Waals surface area (Å²) >= 11 is 0. The van der Waals surface area contributed by atoms with Gasteiger partial charge in [-0.3, -0.25) is 5.10 Å². The van der Waals surface area contributed by atoms with Gasteiger partial charge in [-0.2, -0.15) is 10.1 Å². The molecule has 1 aliphatic heterocycles. The lowest BCUT2D eigenvalue weighted by atomic mass is 10.1. The van der Waals surface area contributed by atoms with Gasteiger partial charge in [0, 0.05) is 18.1 Å². The van der Waals surface area contributed by atoms with Crippen molar-refractivity contribution < 1.29 is 13.7 Å². The molecule has 0 radical (unpaired) electrons. The maximum Gasteiger partial charge on any atom is 0.261 e. The number of benzene rings is 1. The maximum atomic E-state index is 13.4. The highest BCUT2D eigenvalue weighted by molar-refractivity contribution is 5.76. The van der Waals surface area contributed by atoms with Crippen molar-refractivity contribution in [2.24, 2.45) is 0 Å². The van der Waals surface area contributed by atoms with Crippen molar-refractivity contribution in [3.8, 4) is 22.7 Å². The Morgan fingerprint density at radius 1 is 1.32 bits per heavy atom. The first-order valence-electron chi connectivity index (χ1n) is 7.02. The zero-order valence-corrected chi connectivity index (χ0v) is 11.6. The minimum Gasteiger partial charge on any atom is -0.381 e. The van der Waals surface area contributed by atoms with E-state index in [-0.39, 0.29) is 11.7 Å². The molecule has 0 amide bonds. The number of rotatable bonds is 3. The average molecular weight is 300 g/mol. The molecule has 0 spiro atoms. The van der Waals surface area contributed by atoms with Crippen LogP contribution in [0.4, 0.5) is 4.39 Å². The monoisotopic (exact) mass is 300 g/mol. The van der Waals surface area contributed by atoms with Crippen LogP contribution in [0, 0.1) is 5.82 Å². The number of aromatic nitrogens is 4. The van der Waals surface area contributed by atoms with Crippen LogP contribution in [0.1, 0.15) is 18.2 Å². The molecule has 1 atom stereocenters. The number of hydrogen-bond donors (Lipinski definition) is 1. The van der Waals surface area contributed by atoms with Crippen LogP contribution in [0.2, 0.25) is 0 Å². The summed E-state index contributed by atoms with van der Waals surface area (Å²) < 4.78 is 24.1. The Hall–Kier alpha value is -2.54. The van der Waals surface area contributed by atoms with Gasteiger partial charge in [-0.25, -0.2) is 4.39 Å². The number of H-pyrrole nitrogens is 1. The van der Waals surface area contributed by atoms with Gasteiger partial charge in [0.2, 0.25) is 0 Å². The van der Waals surface area contributed by atoms with E-state index < -0.39 is 0 Å². The minimum atomic E-state index is -0.313. The van der Waals surface area contributed by atoms with E-state index in [2.05, 4.69) is 20.3 Å². The highest BCUT2D eigenvalue weighted by Gasteiger charge is 2.24. The fourth-order valence-electron chi connectivity index (χ4n) is 2.56. The fourth-order valence-corrected chi connectivity index (χ4v) is 2.56. The lowest BCUT2D eigenvalue weighted by molar-refractivity contribution is 0.192. The predicted octanol–water partition coefficient (Wildman–Crippen LogP) is 2.77. The number of nitrogens with one attached hydrogen (secondary N) is 1. The van der Waals surface area contributed by atoms with Gasteiger partial charge in [0.05, 0.1) is 24.1 Å². The largest absolute Gasteiger partial charge is 0.381 e. The summed E-state index contributed by atoms with van der Waals surface area (Å²) in [6, 6.07) is 6.26. The highest BCUT2D eigenvalue weighted by atomic mass is 19.1. The molecule has 0 aliphatic carbocycles. The van der Waals surface area contributed by atoms with Crippen molar-refractivity contribution in [1.29, 1.82) is 0 Å². The molecule has 2 aromatic heterocycles. The molecule has 22 heavy (non-hydrogen) atoms. The van der Waals surface area contributed by atoms with Crippen LogP contribution in [0.5, 0.6) is 0 Å². The standard InChI is InChI=1S/C15H13FN4O2/c16-11-3-1-2-9(6-11)13-12(7-17-19-13)15-18-14(20-22-15)10-4-5-21-8-10/h1-3,6-7,10H,4-5,8H2,(H,17,19)/t10-/m0/s1. The molecular formula is C15H13FN4O2. The molecule has 1 aliphatic rings. The van der Waals surface area contributed by atoms with E-state index >= 15 is 0 Å². The fraction of sp³-hybridized carbons (Fsp3) is 0.267. The van der Waals surface area contributed by atoms with Gasteiger partial charge in [-0.15, -0.1) is 0 Å². The van der Waals surface area contributed by atoms with Gasteiger partial charge < -0.3 is 9.26 Å². The van der Waals surface area contributed by atoms with E-state index in [1.165, 1.54) is 12.1 Å². The van der Waals surface area contributed by atoms with Crippen molar-refractivity contribution in [2.45, 2.75) is 12.3 Å². The Labute approximate surface area is 125 Å². The quantitative estimate of drug-likeness (QED) is 0.805. The van der Waals surface area contributed by atoms with E-state index in [9.17, 15) is 4.39 Å². The highest BCUT2D eigenvalue weighted by Crippen LogP contribution is 2.31. The molecule has 1 saturated heterocycles. The maximum absolute atomic E-state index is 13.4. The second-order valence-electron chi connectivity index (χ2n) is 5.19. The number of ether oxygens (including phenoxy) is 1. The number of nitrogens with zero attached hydrogens (tertiary/aromatic N) is 3. The van der Waals surface area contributed by atoms with Gasteiger partial charge in [0.25, 0.3) is 5.89 Å². The summed E-state index contributed by atoms with van der Waals surface area (Å²) in [7, 11) is 0. The van der Waals surface area contributed by atoms with Crippen LogP contribution in [-0.2, 0) is 4.74 Å². The van der Waals surface area contributed by atoms with Crippen LogP contribution in [-0.4, -0.2) is 33.6 Å². The van der Waals surface area contributed by atoms with Gasteiger partial charge in [-0.1, -0.05) is 17.3 Å². The third-order valence-corrected chi connectivity index (χ3v) is 3.72. The first kappa shape index (κ1) is 13.1. The van der Waals surface area contributed by atoms with Crippen molar-refractivity contribution in [2.75, 3.05) is 13.2 Å². The normalized spacial score (nSPS) is 18.0. The number of hydrogen-bond acceptors (Lipinski definition) is 5. The molecule has 112 valence electrons. The van der Waals surface area contributed by atoms with Crippen LogP contribution in [0.3, 0.4) is 0 Å². The molecule has 6 nitrogen and oxygen atoms in total. The summed E-state index contributed by atoms with van der Waals surface area (Å²) in [6.45, 7) is 1.33. The summed E-state index contributed by atoms with van der Waals surface area (Å²) in [5, 5.41) is 10.9. The van der Waals surface area contributed by atoms with E-state index in [1.807, 2.05) is 0 Å². The molecule has 1 aromatic carbocycles. The average Bonchev–Trinajstić information content (AvgIpc) is 3.27. The molecule has 3 heterocycles. The summed E-state index contributed by atoms with van der Waals surface area (Å²) in [5.41, 5.74) is 1.98. The third kappa shape index (κ3) is 2.29. The third-order valence-electron chi connectivity index (χ3n) is 3.72. The van der Waals surface area contributed by atoms with Gasteiger partial charge in [0.15, 0.2) is 5.82 Å². The van der Waals surface area contributed by atoms with E-state index in [4.69, 9.17) is 9.26 Å². The van der Waals surface area contributed by atoms with E-state index in [0.717, 1.165) is 13.0 Å². The van der Waals surface area contributed by atoms with Gasteiger partial charge in [0.1, 0.15) is 5.82 Å². The number of halogens is 1. The Bertz CT molecular complexity index is 792. The van der Waals surface area contributed by atoms with Crippen LogP contribution < -0.4 is 0 Å². The Kier molecular flexibility index (Phi) is 3.19. The second kappa shape index (κ2) is 5.34. The molecule has 1 N–H and O–H groups in total. The summed E-state index contributed by atoms with van der Waals surface area (Å²) in [6.07, 6.45) is 2.49. The molecular weight excluding hydrogens is 287 g/mol. The van der Waals surface area contributed by atoms with E-state index in [1.54, 1.807) is 18.3 Å². The molecule has 1 fully saturated rings. The lowest BCUT2D eigenvalue weighted by Crippen LogP contribution is -1.99. The zero-order chi connectivity index (χ0) is 14.9. The zero-order valence-electron chi connectivity index (χ0n) is 11.6. The number of aromatic amines is 1. The summed E-state index contributed by atoms with van der Waals surface area (Å²) in [5.74, 6) is 0.864. The van der Waals surface area contributed by atoms with Gasteiger partial charge >= 0.3 is 0 Å². The van der Waals surface area contributed by atoms with Crippen LogP contribution >= 0.6 is 0 Å². The molecule has 4 rings (SSSR count). The Morgan fingerprint density at radius 2 is 2.27 bits per heavy atom. The molecule has 7 heteroatoms. The van der Waals surface area contributed by atoms with Crippen LogP contribution in [0.15, 0.2) is 35.0 Å². The minimum absolute atomic E-state index is 0.169. The van der Waals surface area contributed by atoms with Crippen molar-refractivity contribution in [3.05, 3.63) is 42.1 Å². The lowest BCUT2D eigenvalue weighted by Gasteiger charge is -2.00. The molecule has 0 bridgehead atoms. The SMILES string of the molecule is Fc1cccc(-c2[nH]ncc2-c2nc([C@H]3CCOC3)no2)c1. The van der Waals surface area contributed by atoms with Gasteiger partial charge in [-0.05, 0) is 18.6 Å². The second-order valence-corrected chi connectivity index (χ2v) is 5.19. The Morgan fingerprint density at radius 3 is 3.09 bits per heavy atom. The smallest absolute Gasteiger partial charge is 0.261 e. The van der Waals surface area contributed by atoms with Crippen molar-refractivity contribution >= 4 is 0 Å². The van der Waals surface area contributed by atoms with Crippen molar-refractivity contribution in [3.63, 3.8) is 0 Å². The summed E-state index contributed by atoms with van der Waals surface area (Å²) in [4.78, 5) is 4.43. The van der Waals surface area contributed by atoms with Crippen molar-refractivity contribution in [1.82, 2.24) is 20.3 Å². The Balaban J connectivity index is 1.70. The van der Waals surface area contributed by atoms with Crippen LogP contribution in [0.25, 0.3) is 22.7 Å². The predicted molar refractivity (Wildman–Crippen MR) is 75.5 cm³/mol. The molecule has 0 unspecified atom stereocenters. The van der Waals surface area contributed by atoms with E-state index in [0.29, 0.717) is 35.1 Å². The molecule has 3 aromatic rings. The topological polar surface area (TPSA) is 76.8 Å².